The second-order valence-electron chi connectivity index (χ2n) is 9.99. The van der Waals surface area contributed by atoms with Crippen molar-refractivity contribution in [2.24, 2.45) is 16.4 Å². The predicted molar refractivity (Wildman–Crippen MR) is 133 cm³/mol. The van der Waals surface area contributed by atoms with Crippen LogP contribution in [0.3, 0.4) is 0 Å². The second kappa shape index (κ2) is 9.45. The number of anilines is 1. The molecule has 2 atom stereocenters. The number of halogens is 3. The summed E-state index contributed by atoms with van der Waals surface area (Å²) in [6, 6.07) is 1.87. The van der Waals surface area contributed by atoms with Crippen LogP contribution in [0.4, 0.5) is 19.0 Å². The first-order valence-corrected chi connectivity index (χ1v) is 12.5. The maximum absolute atomic E-state index is 12.9. The molecule has 0 aromatic carbocycles. The number of hydrazone groups is 1. The third-order valence-electron chi connectivity index (χ3n) is 6.96. The van der Waals surface area contributed by atoms with Crippen LogP contribution in [0.15, 0.2) is 29.6 Å². The Kier molecular flexibility index (Phi) is 6.92. The molecule has 0 bridgehead atoms. The number of rotatable bonds is 8. The highest BCUT2D eigenvalue weighted by atomic mass is 32.1. The highest BCUT2D eigenvalue weighted by molar-refractivity contribution is 7.18. The van der Waals surface area contributed by atoms with Crippen molar-refractivity contribution in [2.45, 2.75) is 45.3 Å². The lowest BCUT2D eigenvalue weighted by molar-refractivity contribution is -0.126. The van der Waals surface area contributed by atoms with Crippen molar-refractivity contribution in [2.75, 3.05) is 45.2 Å². The van der Waals surface area contributed by atoms with Crippen molar-refractivity contribution >= 4 is 33.6 Å². The van der Waals surface area contributed by atoms with Crippen LogP contribution in [-0.4, -0.2) is 78.6 Å². The van der Waals surface area contributed by atoms with E-state index in [0.717, 1.165) is 67.1 Å². The Morgan fingerprint density at radius 1 is 1.32 bits per heavy atom. The molecule has 34 heavy (non-hydrogen) atoms. The summed E-state index contributed by atoms with van der Waals surface area (Å²) in [5.41, 5.74) is 1.20. The van der Waals surface area contributed by atoms with Crippen molar-refractivity contribution in [1.82, 2.24) is 19.9 Å². The van der Waals surface area contributed by atoms with Gasteiger partial charge in [0.2, 0.25) is 0 Å². The zero-order valence-corrected chi connectivity index (χ0v) is 21.1. The minimum absolute atomic E-state index is 0.173. The number of likely N-dealkylation sites (tertiary alicyclic amines) is 1. The first-order valence-electron chi connectivity index (χ1n) is 11.7. The molecule has 0 aliphatic carbocycles. The van der Waals surface area contributed by atoms with Crippen LogP contribution in [0.1, 0.15) is 31.6 Å². The molecule has 0 N–H and O–H groups in total. The Morgan fingerprint density at radius 2 is 2.06 bits per heavy atom. The van der Waals surface area contributed by atoms with E-state index >= 15 is 0 Å². The minimum atomic E-state index is -4.23. The van der Waals surface area contributed by atoms with Gasteiger partial charge in [-0.2, -0.15) is 18.3 Å². The van der Waals surface area contributed by atoms with E-state index in [9.17, 15) is 13.2 Å². The molecule has 0 unspecified atom stereocenters. The quantitative estimate of drug-likeness (QED) is 0.389. The van der Waals surface area contributed by atoms with Crippen LogP contribution in [0.2, 0.25) is 0 Å². The molecule has 0 amide bonds. The van der Waals surface area contributed by atoms with Gasteiger partial charge in [0.1, 0.15) is 17.0 Å². The number of hydrogen-bond donors (Lipinski definition) is 0. The molecule has 6 nitrogen and oxygen atoms in total. The average molecular weight is 495 g/mol. The maximum Gasteiger partial charge on any atom is 0.393 e. The molecule has 2 aliphatic heterocycles. The van der Waals surface area contributed by atoms with Crippen molar-refractivity contribution in [3.8, 4) is 0 Å². The number of aromatic nitrogens is 2. The standard InChI is InChI=1S/C24H33F3N6S/c1-6-16(2)20(17(3)11-30-31(4)5)33-13-23(14-33)7-8-32(12-23)21-19-9-18(10-24(25,26)27)34-22(19)29-15-28-21/h9,11,15-16,20H,3,6-8,10,12-14H2,1-2,4-5H3/b30-11-/t16-,20-/m1/s1. The zero-order chi connectivity index (χ0) is 24.7. The Bertz CT molecular complexity index is 1060. The van der Waals surface area contributed by atoms with Crippen LogP contribution in [-0.2, 0) is 6.42 Å². The third-order valence-corrected chi connectivity index (χ3v) is 8.00. The van der Waals surface area contributed by atoms with Gasteiger partial charge in [-0.15, -0.1) is 11.3 Å². The van der Waals surface area contributed by atoms with E-state index in [1.807, 2.05) is 20.3 Å². The van der Waals surface area contributed by atoms with Crippen LogP contribution in [0.5, 0.6) is 0 Å². The fourth-order valence-corrected chi connectivity index (χ4v) is 6.29. The van der Waals surface area contributed by atoms with E-state index < -0.39 is 12.6 Å². The van der Waals surface area contributed by atoms with Gasteiger partial charge in [-0.3, -0.25) is 4.90 Å². The lowest BCUT2D eigenvalue weighted by Crippen LogP contribution is -2.62. The van der Waals surface area contributed by atoms with Crippen LogP contribution in [0, 0.1) is 11.3 Å². The summed E-state index contributed by atoms with van der Waals surface area (Å²) < 4.78 is 38.7. The van der Waals surface area contributed by atoms with Gasteiger partial charge >= 0.3 is 6.18 Å². The molecule has 186 valence electrons. The van der Waals surface area contributed by atoms with Gasteiger partial charge in [0, 0.05) is 56.6 Å². The fraction of sp³-hybridized carbons (Fsp3) is 0.625. The smallest absolute Gasteiger partial charge is 0.355 e. The van der Waals surface area contributed by atoms with E-state index in [-0.39, 0.29) is 16.3 Å². The normalized spacial score (nSPS) is 20.3. The van der Waals surface area contributed by atoms with Crippen molar-refractivity contribution in [1.29, 1.82) is 0 Å². The second-order valence-corrected chi connectivity index (χ2v) is 11.1. The van der Waals surface area contributed by atoms with Gasteiger partial charge in [0.25, 0.3) is 0 Å². The number of fused-ring (bicyclic) bond motifs is 1. The molecule has 2 saturated heterocycles. The SMILES string of the molecule is C=C(/C=N\N(C)C)[C@@H]([C@H](C)CC)N1CC2(CCN(c3ncnc4sc(CC(F)(F)F)cc34)C2)C1. The number of nitrogens with zero attached hydrogens (tertiary/aromatic N) is 6. The largest absolute Gasteiger partial charge is 0.393 e. The number of thiophene rings is 1. The van der Waals surface area contributed by atoms with Gasteiger partial charge in [0.05, 0.1) is 18.0 Å². The van der Waals surface area contributed by atoms with Gasteiger partial charge in [-0.05, 0) is 24.0 Å². The van der Waals surface area contributed by atoms with E-state index in [1.165, 1.54) is 6.33 Å². The predicted octanol–water partition coefficient (Wildman–Crippen LogP) is 4.83. The van der Waals surface area contributed by atoms with Crippen LogP contribution >= 0.6 is 11.3 Å². The molecule has 2 aromatic heterocycles. The minimum Gasteiger partial charge on any atom is -0.355 e. The summed E-state index contributed by atoms with van der Waals surface area (Å²) in [7, 11) is 3.80. The average Bonchev–Trinajstić information content (AvgIpc) is 3.34. The van der Waals surface area contributed by atoms with Gasteiger partial charge < -0.3 is 9.91 Å². The van der Waals surface area contributed by atoms with Gasteiger partial charge in [-0.1, -0.05) is 26.8 Å². The summed E-state index contributed by atoms with van der Waals surface area (Å²) in [6.07, 6.45) is 0.290. The molecule has 2 fully saturated rings. The summed E-state index contributed by atoms with van der Waals surface area (Å²) in [5.74, 6) is 1.22. The van der Waals surface area contributed by atoms with Crippen molar-refractivity contribution in [3.63, 3.8) is 0 Å². The summed E-state index contributed by atoms with van der Waals surface area (Å²) in [4.78, 5) is 14.3. The Morgan fingerprint density at radius 3 is 2.71 bits per heavy atom. The monoisotopic (exact) mass is 494 g/mol. The number of alkyl halides is 3. The molecule has 2 aliphatic rings. The molecule has 2 aromatic rings. The number of hydrogen-bond acceptors (Lipinski definition) is 7. The topological polar surface area (TPSA) is 47.9 Å². The summed E-state index contributed by atoms with van der Waals surface area (Å²) in [6.45, 7) is 12.4. The first kappa shape index (κ1) is 24.9. The molecule has 4 rings (SSSR count). The first-order chi connectivity index (χ1) is 16.0. The summed E-state index contributed by atoms with van der Waals surface area (Å²) in [5, 5.41) is 6.89. The highest BCUT2D eigenvalue weighted by Crippen LogP contribution is 2.45. The molecule has 0 saturated carbocycles. The molecule has 10 heteroatoms. The van der Waals surface area contributed by atoms with Crippen molar-refractivity contribution in [3.05, 3.63) is 29.4 Å². The lowest BCUT2D eigenvalue weighted by Gasteiger charge is -2.53. The zero-order valence-electron chi connectivity index (χ0n) is 20.3. The highest BCUT2D eigenvalue weighted by Gasteiger charge is 2.50. The summed E-state index contributed by atoms with van der Waals surface area (Å²) >= 11 is 1.10. The molecule has 1 spiro atoms. The third kappa shape index (κ3) is 5.22. The van der Waals surface area contributed by atoms with Gasteiger partial charge in [-0.25, -0.2) is 9.97 Å². The molecular weight excluding hydrogens is 461 g/mol. The lowest BCUT2D eigenvalue weighted by atomic mass is 9.75. The van der Waals surface area contributed by atoms with E-state index in [2.05, 4.69) is 45.3 Å². The van der Waals surface area contributed by atoms with Crippen LogP contribution < -0.4 is 4.90 Å². The Balaban J connectivity index is 1.47. The van der Waals surface area contributed by atoms with Gasteiger partial charge in [0.15, 0.2) is 0 Å². The van der Waals surface area contributed by atoms with E-state index in [1.54, 1.807) is 11.1 Å². The Labute approximate surface area is 203 Å². The maximum atomic E-state index is 12.9. The molecule has 4 heterocycles. The molecular formula is C24H33F3N6S. The van der Waals surface area contributed by atoms with E-state index in [4.69, 9.17) is 0 Å². The Hall–Kier alpha value is -2.20. The van der Waals surface area contributed by atoms with Crippen LogP contribution in [0.25, 0.3) is 10.2 Å². The fourth-order valence-electron chi connectivity index (χ4n) is 5.26. The van der Waals surface area contributed by atoms with E-state index in [0.29, 0.717) is 10.7 Å². The van der Waals surface area contributed by atoms with Crippen molar-refractivity contribution < 1.29 is 13.2 Å². The molecule has 0 radical (unpaired) electrons.